The molecule has 0 amide bonds. The van der Waals surface area contributed by atoms with Gasteiger partial charge in [-0.25, -0.2) is 9.37 Å². The van der Waals surface area contributed by atoms with Gasteiger partial charge in [-0.05, 0) is 47.5 Å². The first-order valence-corrected chi connectivity index (χ1v) is 10.7. The number of carbonyl (C=O) groups excluding carboxylic acids is 1. The van der Waals surface area contributed by atoms with Crippen molar-refractivity contribution < 1.29 is 9.18 Å². The number of thiazole rings is 1. The molecule has 3 nitrogen and oxygen atoms in total. The van der Waals surface area contributed by atoms with E-state index in [9.17, 15) is 9.18 Å². The second kappa shape index (κ2) is 8.13. The normalized spacial score (nSPS) is 11.4. The van der Waals surface area contributed by atoms with Gasteiger partial charge in [0.25, 0.3) is 0 Å². The zero-order valence-electron chi connectivity index (χ0n) is 16.4. The van der Waals surface area contributed by atoms with Gasteiger partial charge in [-0.3, -0.25) is 9.20 Å². The molecule has 0 unspecified atom stereocenters. The fourth-order valence-electron chi connectivity index (χ4n) is 3.49. The minimum atomic E-state index is -0.295. The van der Waals surface area contributed by atoms with Gasteiger partial charge in [0.05, 0.1) is 11.4 Å². The Morgan fingerprint density at radius 2 is 1.55 bits per heavy atom. The molecule has 0 N–H and O–H groups in total. The lowest BCUT2D eigenvalue weighted by Gasteiger charge is -2.03. The Labute approximate surface area is 182 Å². The van der Waals surface area contributed by atoms with Gasteiger partial charge in [-0.15, -0.1) is 11.3 Å². The first-order valence-electron chi connectivity index (χ1n) is 9.78. The van der Waals surface area contributed by atoms with Gasteiger partial charge in [0.2, 0.25) is 0 Å². The molecule has 0 fully saturated rings. The Kier molecular flexibility index (Phi) is 5.02. The number of ketones is 1. The maximum absolute atomic E-state index is 13.3. The lowest BCUT2D eigenvalue weighted by Crippen LogP contribution is -1.95. The van der Waals surface area contributed by atoms with Crippen molar-refractivity contribution in [2.24, 2.45) is 0 Å². The van der Waals surface area contributed by atoms with E-state index in [1.54, 1.807) is 24.3 Å². The van der Waals surface area contributed by atoms with Crippen LogP contribution in [-0.2, 0) is 0 Å². The van der Waals surface area contributed by atoms with Crippen molar-refractivity contribution in [2.75, 3.05) is 0 Å². The Morgan fingerprint density at radius 1 is 0.871 bits per heavy atom. The molecule has 0 aliphatic rings. The van der Waals surface area contributed by atoms with Crippen LogP contribution >= 0.6 is 11.3 Å². The summed E-state index contributed by atoms with van der Waals surface area (Å²) in [5.74, 6) is -0.383. The molecule has 5 rings (SSSR count). The summed E-state index contributed by atoms with van der Waals surface area (Å²) in [7, 11) is 0. The summed E-state index contributed by atoms with van der Waals surface area (Å²) < 4.78 is 15.3. The highest BCUT2D eigenvalue weighted by Gasteiger charge is 2.13. The van der Waals surface area contributed by atoms with Crippen molar-refractivity contribution in [1.82, 2.24) is 9.38 Å². The number of hydrogen-bond donors (Lipinski definition) is 0. The zero-order chi connectivity index (χ0) is 21.2. The number of rotatable bonds is 5. The molecule has 5 aromatic rings. The van der Waals surface area contributed by atoms with Crippen LogP contribution in [0.1, 0.15) is 16.1 Å². The van der Waals surface area contributed by atoms with Crippen molar-refractivity contribution in [2.45, 2.75) is 0 Å². The first kappa shape index (κ1) is 19.2. The topological polar surface area (TPSA) is 34.4 Å². The molecule has 31 heavy (non-hydrogen) atoms. The smallest absolute Gasteiger partial charge is 0.194 e. The summed E-state index contributed by atoms with van der Waals surface area (Å²) in [4.78, 5) is 18.3. The molecule has 0 aliphatic heterocycles. The van der Waals surface area contributed by atoms with E-state index >= 15 is 0 Å². The number of allylic oxidation sites excluding steroid dienone is 1. The SMILES string of the molecule is O=C(/C=C/c1c(-c2ccc(F)cc2)nc2sccn12)c1ccc(-c2ccccc2)cc1. The summed E-state index contributed by atoms with van der Waals surface area (Å²) >= 11 is 1.51. The fourth-order valence-corrected chi connectivity index (χ4v) is 4.21. The third-order valence-electron chi connectivity index (χ3n) is 5.09. The number of benzene rings is 3. The van der Waals surface area contributed by atoms with E-state index in [0.29, 0.717) is 5.56 Å². The lowest BCUT2D eigenvalue weighted by molar-refractivity contribution is 0.104. The number of hydrogen-bond acceptors (Lipinski definition) is 3. The Bertz CT molecular complexity index is 1380. The van der Waals surface area contributed by atoms with Crippen LogP contribution in [0.4, 0.5) is 4.39 Å². The molecule has 2 aromatic heterocycles. The number of halogens is 1. The van der Waals surface area contributed by atoms with Crippen molar-refractivity contribution in [3.63, 3.8) is 0 Å². The van der Waals surface area contributed by atoms with E-state index in [1.807, 2.05) is 70.6 Å². The molecule has 0 radical (unpaired) electrons. The molecule has 3 aromatic carbocycles. The summed E-state index contributed by atoms with van der Waals surface area (Å²) in [5, 5.41) is 1.94. The lowest BCUT2D eigenvalue weighted by atomic mass is 10.0. The standard InChI is InChI=1S/C26H17FN2OS/c27-22-12-10-21(11-13-22)25-23(29-16-17-31-26(29)28-25)14-15-24(30)20-8-6-19(7-9-20)18-4-2-1-3-5-18/h1-17H/b15-14+. The molecule has 0 bridgehead atoms. The third kappa shape index (κ3) is 3.83. The molecular formula is C26H17FN2OS. The summed E-state index contributed by atoms with van der Waals surface area (Å²) in [6, 6.07) is 23.9. The van der Waals surface area contributed by atoms with Crippen LogP contribution in [0.25, 0.3) is 33.4 Å². The molecule has 0 saturated heterocycles. The average Bonchev–Trinajstić information content (AvgIpc) is 3.40. The second-order valence-electron chi connectivity index (χ2n) is 7.05. The zero-order valence-corrected chi connectivity index (χ0v) is 17.2. The van der Waals surface area contributed by atoms with E-state index in [4.69, 9.17) is 0 Å². The van der Waals surface area contributed by atoms with Gasteiger partial charge in [0, 0.05) is 22.7 Å². The number of fused-ring (bicyclic) bond motifs is 1. The number of aromatic nitrogens is 2. The molecule has 150 valence electrons. The van der Waals surface area contributed by atoms with E-state index < -0.39 is 0 Å². The predicted molar refractivity (Wildman–Crippen MR) is 124 cm³/mol. The highest BCUT2D eigenvalue weighted by molar-refractivity contribution is 7.15. The van der Waals surface area contributed by atoms with Crippen LogP contribution in [0, 0.1) is 5.82 Å². The average molecular weight is 425 g/mol. The van der Waals surface area contributed by atoms with Crippen LogP contribution in [0.5, 0.6) is 0 Å². The van der Waals surface area contributed by atoms with E-state index in [1.165, 1.54) is 23.5 Å². The molecular weight excluding hydrogens is 407 g/mol. The Balaban J connectivity index is 1.45. The maximum Gasteiger partial charge on any atom is 0.194 e. The van der Waals surface area contributed by atoms with Crippen molar-refractivity contribution in [3.05, 3.63) is 114 Å². The first-order chi connectivity index (χ1) is 15.2. The molecule has 0 atom stereocenters. The highest BCUT2D eigenvalue weighted by Crippen LogP contribution is 2.28. The third-order valence-corrected chi connectivity index (χ3v) is 5.84. The molecule has 5 heteroatoms. The van der Waals surface area contributed by atoms with Crippen LogP contribution in [-0.4, -0.2) is 15.2 Å². The predicted octanol–water partition coefficient (Wildman–Crippen LogP) is 6.77. The van der Waals surface area contributed by atoms with Crippen molar-refractivity contribution in [3.8, 4) is 22.4 Å². The van der Waals surface area contributed by atoms with Gasteiger partial charge in [-0.1, -0.05) is 54.6 Å². The summed E-state index contributed by atoms with van der Waals surface area (Å²) in [6.45, 7) is 0. The summed E-state index contributed by atoms with van der Waals surface area (Å²) in [5.41, 5.74) is 5.10. The van der Waals surface area contributed by atoms with Crippen LogP contribution < -0.4 is 0 Å². The maximum atomic E-state index is 13.3. The highest BCUT2D eigenvalue weighted by atomic mass is 32.1. The molecule has 0 spiro atoms. The Hall–Kier alpha value is -3.83. The monoisotopic (exact) mass is 424 g/mol. The minimum Gasteiger partial charge on any atom is -0.290 e. The second-order valence-corrected chi connectivity index (χ2v) is 7.92. The fraction of sp³-hybridized carbons (Fsp3) is 0. The van der Waals surface area contributed by atoms with Crippen LogP contribution in [0.15, 0.2) is 96.5 Å². The van der Waals surface area contributed by atoms with Gasteiger partial charge < -0.3 is 0 Å². The van der Waals surface area contributed by atoms with Gasteiger partial charge in [0.15, 0.2) is 10.7 Å². The molecule has 0 aliphatic carbocycles. The molecule has 2 heterocycles. The minimum absolute atomic E-state index is 0.0881. The van der Waals surface area contributed by atoms with E-state index in [0.717, 1.165) is 33.0 Å². The molecule has 0 saturated carbocycles. The quantitative estimate of drug-likeness (QED) is 0.231. The van der Waals surface area contributed by atoms with Crippen molar-refractivity contribution >= 4 is 28.2 Å². The van der Waals surface area contributed by atoms with Gasteiger partial charge in [-0.2, -0.15) is 0 Å². The van der Waals surface area contributed by atoms with Crippen LogP contribution in [0.3, 0.4) is 0 Å². The van der Waals surface area contributed by atoms with Crippen LogP contribution in [0.2, 0.25) is 0 Å². The van der Waals surface area contributed by atoms with E-state index in [2.05, 4.69) is 4.98 Å². The van der Waals surface area contributed by atoms with Gasteiger partial charge >= 0.3 is 0 Å². The number of carbonyl (C=O) groups is 1. The van der Waals surface area contributed by atoms with Gasteiger partial charge in [0.1, 0.15) is 5.82 Å². The van der Waals surface area contributed by atoms with E-state index in [-0.39, 0.29) is 11.6 Å². The summed E-state index contributed by atoms with van der Waals surface area (Å²) in [6.07, 6.45) is 5.25. The Morgan fingerprint density at radius 3 is 2.29 bits per heavy atom. The largest absolute Gasteiger partial charge is 0.290 e. The number of nitrogens with zero attached hydrogens (tertiary/aromatic N) is 2. The number of imidazole rings is 1. The van der Waals surface area contributed by atoms with Crippen molar-refractivity contribution in [1.29, 1.82) is 0 Å².